The van der Waals surface area contributed by atoms with Crippen LogP contribution in [0, 0.1) is 0 Å². The Balaban J connectivity index is 1.58. The number of phenols is 1. The smallest absolute Gasteiger partial charge is 0.501 e. The summed E-state index contributed by atoms with van der Waals surface area (Å²) in [4.78, 5) is 1.60. The Morgan fingerprint density at radius 1 is 1.19 bits per heavy atom. The van der Waals surface area contributed by atoms with Crippen molar-refractivity contribution in [2.24, 2.45) is 0 Å². The number of benzene rings is 1. The van der Waals surface area contributed by atoms with E-state index in [0.717, 1.165) is 82.8 Å². The fourth-order valence-corrected chi connectivity index (χ4v) is 5.48. The van der Waals surface area contributed by atoms with Crippen LogP contribution < -0.4 is 5.32 Å². The summed E-state index contributed by atoms with van der Waals surface area (Å²) in [5, 5.41) is 13.1. The van der Waals surface area contributed by atoms with Crippen LogP contribution in [-0.2, 0) is 14.6 Å². The Hall–Kier alpha value is -1.52. The highest BCUT2D eigenvalue weighted by atomic mass is 32.2. The molecule has 6 nitrogen and oxygen atoms in total. The third-order valence-electron chi connectivity index (χ3n) is 6.77. The van der Waals surface area contributed by atoms with Crippen LogP contribution >= 0.6 is 0 Å². The summed E-state index contributed by atoms with van der Waals surface area (Å²) in [5.41, 5.74) is -5.27. The number of alkyl halides is 3. The molecule has 0 atom stereocenters. The molecule has 2 N–H and O–H groups in total. The zero-order valence-corrected chi connectivity index (χ0v) is 19.4. The van der Waals surface area contributed by atoms with Gasteiger partial charge >= 0.3 is 5.51 Å². The molecule has 1 saturated carbocycles. The number of aromatic hydroxyl groups is 1. The maximum atomic E-state index is 12.9. The van der Waals surface area contributed by atoms with E-state index in [0.29, 0.717) is 6.10 Å². The van der Waals surface area contributed by atoms with E-state index < -0.39 is 20.2 Å². The molecule has 32 heavy (non-hydrogen) atoms. The van der Waals surface area contributed by atoms with Crippen molar-refractivity contribution in [3.8, 4) is 5.75 Å². The van der Waals surface area contributed by atoms with Gasteiger partial charge in [0, 0.05) is 31.3 Å². The van der Waals surface area contributed by atoms with Gasteiger partial charge in [-0.3, -0.25) is 4.90 Å². The molecule has 1 heterocycles. The van der Waals surface area contributed by atoms with Crippen LogP contribution in [0.2, 0.25) is 0 Å². The molecule has 0 spiro atoms. The molecule has 1 aromatic carbocycles. The molecule has 0 bridgehead atoms. The Kier molecular flexibility index (Phi) is 7.66. The maximum Gasteiger partial charge on any atom is 0.501 e. The number of nitrogens with one attached hydrogen (secondary N) is 1. The number of sulfone groups is 1. The standard InChI is InChI=1S/C22H33F3N2O4S/c1-3-14-31-17-6-10-21(2,11-7-17)27-12-8-16(9-13-27)26-19-15-18(4-5-20(19)28)32(29,30)22(23,24)25/h4-5,15-17,26,28H,3,6-14H2,1-2H3/t17-,21-. The van der Waals surface area contributed by atoms with Crippen molar-refractivity contribution in [2.75, 3.05) is 25.0 Å². The van der Waals surface area contributed by atoms with Crippen molar-refractivity contribution in [3.63, 3.8) is 0 Å². The normalized spacial score (nSPS) is 26.2. The lowest BCUT2D eigenvalue weighted by Gasteiger charge is -2.48. The molecule has 2 fully saturated rings. The van der Waals surface area contributed by atoms with Crippen molar-refractivity contribution in [1.82, 2.24) is 4.90 Å². The van der Waals surface area contributed by atoms with Crippen LogP contribution in [0.15, 0.2) is 23.1 Å². The largest absolute Gasteiger partial charge is 0.506 e. The first-order chi connectivity index (χ1) is 15.0. The van der Waals surface area contributed by atoms with Crippen LogP contribution in [0.25, 0.3) is 0 Å². The topological polar surface area (TPSA) is 78.9 Å². The van der Waals surface area contributed by atoms with Gasteiger partial charge in [0.15, 0.2) is 0 Å². The molecular weight excluding hydrogens is 445 g/mol. The third-order valence-corrected chi connectivity index (χ3v) is 8.25. The highest BCUT2D eigenvalue weighted by Gasteiger charge is 2.47. The van der Waals surface area contributed by atoms with E-state index in [1.54, 1.807) is 0 Å². The van der Waals surface area contributed by atoms with E-state index in [1.807, 2.05) is 0 Å². The van der Waals surface area contributed by atoms with E-state index in [-0.39, 0.29) is 23.0 Å². The third kappa shape index (κ3) is 5.51. The molecule has 1 saturated heterocycles. The number of anilines is 1. The molecule has 1 aliphatic heterocycles. The molecule has 0 radical (unpaired) electrons. The Morgan fingerprint density at radius 2 is 1.81 bits per heavy atom. The first-order valence-electron chi connectivity index (χ1n) is 11.2. The second-order valence-corrected chi connectivity index (χ2v) is 11.0. The SMILES string of the molecule is CCCO[C@H]1CC[C@](C)(N2CCC(Nc3cc(S(=O)(=O)C(F)(F)F)ccc3O)CC2)CC1. The fraction of sp³-hybridized carbons (Fsp3) is 0.727. The van der Waals surface area contributed by atoms with Gasteiger partial charge in [-0.25, -0.2) is 8.42 Å². The molecular formula is C22H33F3N2O4S. The minimum atomic E-state index is -5.47. The summed E-state index contributed by atoms with van der Waals surface area (Å²) in [7, 11) is -5.47. The molecule has 1 aliphatic carbocycles. The van der Waals surface area contributed by atoms with Crippen LogP contribution in [-0.4, -0.2) is 61.3 Å². The van der Waals surface area contributed by atoms with Crippen molar-refractivity contribution in [2.45, 2.75) is 86.9 Å². The van der Waals surface area contributed by atoms with E-state index in [4.69, 9.17) is 4.74 Å². The fourth-order valence-electron chi connectivity index (χ4n) is 4.70. The zero-order valence-electron chi connectivity index (χ0n) is 18.6. The summed E-state index contributed by atoms with van der Waals surface area (Å²) in [6, 6.07) is 2.56. The van der Waals surface area contributed by atoms with Crippen molar-refractivity contribution >= 4 is 15.5 Å². The summed E-state index contributed by atoms with van der Waals surface area (Å²) in [5.74, 6) is -0.272. The van der Waals surface area contributed by atoms with Gasteiger partial charge in [0.25, 0.3) is 9.84 Å². The highest BCUT2D eigenvalue weighted by Crippen LogP contribution is 2.38. The first kappa shape index (κ1) is 25.1. The monoisotopic (exact) mass is 478 g/mol. The molecule has 3 rings (SSSR count). The number of halogens is 3. The minimum absolute atomic E-state index is 0.00793. The van der Waals surface area contributed by atoms with Crippen LogP contribution in [0.3, 0.4) is 0 Å². The molecule has 0 aromatic heterocycles. The minimum Gasteiger partial charge on any atom is -0.506 e. The van der Waals surface area contributed by atoms with Gasteiger partial charge in [-0.2, -0.15) is 13.2 Å². The average molecular weight is 479 g/mol. The molecule has 10 heteroatoms. The maximum absolute atomic E-state index is 12.9. The second-order valence-electron chi connectivity index (χ2n) is 9.10. The second kappa shape index (κ2) is 9.77. The number of rotatable bonds is 7. The van der Waals surface area contributed by atoms with Crippen molar-refractivity contribution < 1.29 is 31.4 Å². The highest BCUT2D eigenvalue weighted by molar-refractivity contribution is 7.92. The average Bonchev–Trinajstić information content (AvgIpc) is 2.74. The zero-order chi connectivity index (χ0) is 23.6. The Bertz CT molecular complexity index is 876. The van der Waals surface area contributed by atoms with Gasteiger partial charge in [-0.15, -0.1) is 0 Å². The molecule has 2 aliphatic rings. The van der Waals surface area contributed by atoms with Crippen LogP contribution in [0.1, 0.15) is 58.8 Å². The molecule has 182 valence electrons. The molecule has 1 aromatic rings. The van der Waals surface area contributed by atoms with Crippen LogP contribution in [0.5, 0.6) is 5.75 Å². The van der Waals surface area contributed by atoms with E-state index in [9.17, 15) is 26.7 Å². The lowest BCUT2D eigenvalue weighted by Crippen LogP contribution is -2.53. The van der Waals surface area contributed by atoms with Crippen molar-refractivity contribution in [1.29, 1.82) is 0 Å². The lowest BCUT2D eigenvalue weighted by molar-refractivity contribution is -0.0436. The van der Waals surface area contributed by atoms with Gasteiger partial charge in [-0.1, -0.05) is 6.92 Å². The van der Waals surface area contributed by atoms with Gasteiger partial charge in [0.05, 0.1) is 16.7 Å². The summed E-state index contributed by atoms with van der Waals surface area (Å²) < 4.78 is 67.9. The van der Waals surface area contributed by atoms with E-state index >= 15 is 0 Å². The first-order valence-corrected chi connectivity index (χ1v) is 12.7. The Labute approximate surface area is 188 Å². The number of piperidine rings is 1. The number of ether oxygens (including phenoxy) is 1. The van der Waals surface area contributed by atoms with Crippen LogP contribution in [0.4, 0.5) is 18.9 Å². The van der Waals surface area contributed by atoms with E-state index in [1.165, 1.54) is 0 Å². The van der Waals surface area contributed by atoms with Gasteiger partial charge in [0.1, 0.15) is 5.75 Å². The summed E-state index contributed by atoms with van der Waals surface area (Å²) >= 11 is 0. The van der Waals surface area contributed by atoms with E-state index in [2.05, 4.69) is 24.1 Å². The predicted octanol–water partition coefficient (Wildman–Crippen LogP) is 4.69. The number of nitrogens with zero attached hydrogens (tertiary/aromatic N) is 1. The lowest BCUT2D eigenvalue weighted by atomic mass is 9.79. The number of phenolic OH excluding ortho intramolecular Hbond substituents is 1. The predicted molar refractivity (Wildman–Crippen MR) is 116 cm³/mol. The quantitative estimate of drug-likeness (QED) is 0.554. The molecule has 0 unspecified atom stereocenters. The molecule has 0 amide bonds. The number of hydrogen-bond donors (Lipinski definition) is 2. The summed E-state index contributed by atoms with van der Waals surface area (Å²) in [6.07, 6.45) is 7.09. The van der Waals surface area contributed by atoms with Crippen molar-refractivity contribution in [3.05, 3.63) is 18.2 Å². The number of likely N-dealkylation sites (tertiary alicyclic amines) is 1. The van der Waals surface area contributed by atoms with Gasteiger partial charge < -0.3 is 15.2 Å². The number of hydrogen-bond acceptors (Lipinski definition) is 6. The van der Waals surface area contributed by atoms with Gasteiger partial charge in [0.2, 0.25) is 0 Å². The van der Waals surface area contributed by atoms with Gasteiger partial charge in [-0.05, 0) is 70.1 Å². The Morgan fingerprint density at radius 3 is 2.38 bits per heavy atom. The summed E-state index contributed by atoms with van der Waals surface area (Å²) in [6.45, 7) is 6.85.